The van der Waals surface area contributed by atoms with Crippen LogP contribution in [0.5, 0.6) is 0 Å². The molecular weight excluding hydrogens is 288 g/mol. The lowest BCUT2D eigenvalue weighted by molar-refractivity contribution is 0.864. The number of aromatic amines is 1. The third-order valence-corrected chi connectivity index (χ3v) is 3.09. The molecule has 1 N–H and O–H groups in total. The fourth-order valence-electron chi connectivity index (χ4n) is 1.79. The van der Waals surface area contributed by atoms with Crippen LogP contribution < -0.4 is 5.56 Å². The van der Waals surface area contributed by atoms with Crippen LogP contribution in [0.1, 0.15) is 0 Å². The molecule has 0 radical (unpaired) electrons. The van der Waals surface area contributed by atoms with Gasteiger partial charge in [0.15, 0.2) is 0 Å². The number of nitrogens with one attached hydrogen (secondary N) is 1. The summed E-state index contributed by atoms with van der Waals surface area (Å²) in [7, 11) is 0. The number of hydrogen-bond donors (Lipinski definition) is 1. The van der Waals surface area contributed by atoms with E-state index in [-0.39, 0.29) is 5.56 Å². The maximum absolute atomic E-state index is 11.1. The van der Waals surface area contributed by atoms with Crippen molar-refractivity contribution in [2.75, 3.05) is 0 Å². The summed E-state index contributed by atoms with van der Waals surface area (Å²) in [4.78, 5) is 11.1. The minimum absolute atomic E-state index is 0.137. The molecule has 3 rings (SSSR count). The fourth-order valence-corrected chi connectivity index (χ4v) is 1.92. The standard InChI is InChI=1S/C15H11ClN4O/c16-11-1-3-12(4-2-11)17-18-13-5-7-14(8-6-13)20-10-9-15(21)19-20/h1-10H,(H,19,21). The highest BCUT2D eigenvalue weighted by Gasteiger charge is 1.97. The van der Waals surface area contributed by atoms with E-state index in [4.69, 9.17) is 11.6 Å². The summed E-state index contributed by atoms with van der Waals surface area (Å²) < 4.78 is 1.64. The first kappa shape index (κ1) is 13.3. The number of H-pyrrole nitrogens is 1. The minimum Gasteiger partial charge on any atom is -0.268 e. The lowest BCUT2D eigenvalue weighted by Crippen LogP contribution is -2.02. The third-order valence-electron chi connectivity index (χ3n) is 2.84. The summed E-state index contributed by atoms with van der Waals surface area (Å²) in [5.74, 6) is 0. The molecule has 0 atom stereocenters. The van der Waals surface area contributed by atoms with Gasteiger partial charge in [-0.2, -0.15) is 10.2 Å². The van der Waals surface area contributed by atoms with E-state index in [2.05, 4.69) is 15.3 Å². The Balaban J connectivity index is 1.78. The van der Waals surface area contributed by atoms with E-state index in [1.54, 1.807) is 35.1 Å². The van der Waals surface area contributed by atoms with Gasteiger partial charge in [-0.05, 0) is 48.5 Å². The Morgan fingerprint density at radius 1 is 0.857 bits per heavy atom. The second-order valence-corrected chi connectivity index (χ2v) is 4.79. The van der Waals surface area contributed by atoms with Gasteiger partial charge in [-0.15, -0.1) is 0 Å². The largest absolute Gasteiger partial charge is 0.268 e. The van der Waals surface area contributed by atoms with Crippen molar-refractivity contribution in [1.82, 2.24) is 9.78 Å². The SMILES string of the molecule is O=c1ccn(-c2ccc(N=Nc3ccc(Cl)cc3)cc2)[nH]1. The molecule has 0 aliphatic rings. The molecule has 5 nitrogen and oxygen atoms in total. The van der Waals surface area contributed by atoms with Gasteiger partial charge >= 0.3 is 0 Å². The Morgan fingerprint density at radius 3 is 1.95 bits per heavy atom. The molecule has 3 aromatic rings. The molecule has 104 valence electrons. The summed E-state index contributed by atoms with van der Waals surface area (Å²) in [6.07, 6.45) is 1.67. The van der Waals surface area contributed by atoms with Gasteiger partial charge in [0.1, 0.15) is 0 Å². The molecule has 2 aromatic carbocycles. The third kappa shape index (κ3) is 3.27. The van der Waals surface area contributed by atoms with Crippen LogP contribution in [0.25, 0.3) is 5.69 Å². The number of nitrogens with zero attached hydrogens (tertiary/aromatic N) is 3. The summed E-state index contributed by atoms with van der Waals surface area (Å²) in [6.45, 7) is 0. The summed E-state index contributed by atoms with van der Waals surface area (Å²) >= 11 is 5.81. The van der Waals surface area contributed by atoms with E-state index in [0.29, 0.717) is 5.02 Å². The predicted octanol–water partition coefficient (Wildman–Crippen LogP) is 4.23. The molecule has 21 heavy (non-hydrogen) atoms. The molecule has 0 amide bonds. The summed E-state index contributed by atoms with van der Waals surface area (Å²) in [5.41, 5.74) is 2.17. The Hall–Kier alpha value is -2.66. The minimum atomic E-state index is -0.137. The molecular formula is C15H11ClN4O. The van der Waals surface area contributed by atoms with Crippen molar-refractivity contribution in [3.05, 3.63) is 76.2 Å². The van der Waals surface area contributed by atoms with Crippen LogP contribution in [0.4, 0.5) is 11.4 Å². The Labute approximate surface area is 125 Å². The van der Waals surface area contributed by atoms with E-state index < -0.39 is 0 Å². The van der Waals surface area contributed by atoms with Gasteiger partial charge in [0, 0.05) is 17.3 Å². The van der Waals surface area contributed by atoms with E-state index in [0.717, 1.165) is 17.1 Å². The second kappa shape index (κ2) is 5.76. The van der Waals surface area contributed by atoms with Crippen molar-refractivity contribution < 1.29 is 0 Å². The highest BCUT2D eigenvalue weighted by atomic mass is 35.5. The quantitative estimate of drug-likeness (QED) is 0.722. The number of benzene rings is 2. The fraction of sp³-hybridized carbons (Fsp3) is 0. The Kier molecular flexibility index (Phi) is 3.66. The zero-order chi connectivity index (χ0) is 14.7. The Morgan fingerprint density at radius 2 is 1.43 bits per heavy atom. The van der Waals surface area contributed by atoms with Crippen LogP contribution in [0.2, 0.25) is 5.02 Å². The molecule has 0 aliphatic heterocycles. The van der Waals surface area contributed by atoms with Crippen LogP contribution >= 0.6 is 11.6 Å². The van der Waals surface area contributed by atoms with Gasteiger partial charge in [0.05, 0.1) is 17.1 Å². The monoisotopic (exact) mass is 298 g/mol. The first-order chi connectivity index (χ1) is 10.2. The molecule has 0 saturated heterocycles. The molecule has 0 fully saturated rings. The molecule has 6 heteroatoms. The number of azo groups is 1. The number of rotatable bonds is 3. The summed E-state index contributed by atoms with van der Waals surface area (Å²) in [5, 5.41) is 11.6. The van der Waals surface area contributed by atoms with Crippen LogP contribution in [0.15, 0.2) is 75.8 Å². The molecule has 0 unspecified atom stereocenters. The first-order valence-corrected chi connectivity index (χ1v) is 6.64. The molecule has 1 heterocycles. The van der Waals surface area contributed by atoms with Crippen molar-refractivity contribution in [3.8, 4) is 5.69 Å². The van der Waals surface area contributed by atoms with Crippen molar-refractivity contribution in [2.45, 2.75) is 0 Å². The molecule has 1 aromatic heterocycles. The highest BCUT2D eigenvalue weighted by Crippen LogP contribution is 2.21. The van der Waals surface area contributed by atoms with E-state index in [1.165, 1.54) is 6.07 Å². The first-order valence-electron chi connectivity index (χ1n) is 6.26. The maximum atomic E-state index is 11.1. The smallest absolute Gasteiger partial charge is 0.264 e. The molecule has 0 spiro atoms. The van der Waals surface area contributed by atoms with Crippen molar-refractivity contribution >= 4 is 23.0 Å². The van der Waals surface area contributed by atoms with Gasteiger partial charge in [0.2, 0.25) is 0 Å². The molecule has 0 saturated carbocycles. The van der Waals surface area contributed by atoms with Crippen molar-refractivity contribution in [2.24, 2.45) is 10.2 Å². The van der Waals surface area contributed by atoms with Crippen LogP contribution in [-0.2, 0) is 0 Å². The zero-order valence-corrected chi connectivity index (χ0v) is 11.7. The lowest BCUT2D eigenvalue weighted by Gasteiger charge is -2.01. The lowest BCUT2D eigenvalue weighted by atomic mass is 10.3. The van der Waals surface area contributed by atoms with Crippen LogP contribution in [0, 0.1) is 0 Å². The highest BCUT2D eigenvalue weighted by molar-refractivity contribution is 6.30. The van der Waals surface area contributed by atoms with Gasteiger partial charge in [0.25, 0.3) is 5.56 Å². The Bertz CT molecular complexity index is 816. The average Bonchev–Trinajstić information content (AvgIpc) is 2.94. The predicted molar refractivity (Wildman–Crippen MR) is 82.0 cm³/mol. The molecule has 0 aliphatic carbocycles. The van der Waals surface area contributed by atoms with Gasteiger partial charge in [-0.1, -0.05) is 11.6 Å². The van der Waals surface area contributed by atoms with Crippen molar-refractivity contribution in [3.63, 3.8) is 0 Å². The second-order valence-electron chi connectivity index (χ2n) is 4.35. The normalized spacial score (nSPS) is 11.1. The average molecular weight is 299 g/mol. The van der Waals surface area contributed by atoms with E-state index in [1.807, 2.05) is 24.3 Å². The summed E-state index contributed by atoms with van der Waals surface area (Å²) in [6, 6.07) is 15.9. The van der Waals surface area contributed by atoms with Crippen molar-refractivity contribution in [1.29, 1.82) is 0 Å². The number of aromatic nitrogens is 2. The molecule has 0 bridgehead atoms. The number of halogens is 1. The van der Waals surface area contributed by atoms with Gasteiger partial charge < -0.3 is 0 Å². The van der Waals surface area contributed by atoms with Gasteiger partial charge in [-0.25, -0.2) is 0 Å². The zero-order valence-electron chi connectivity index (χ0n) is 10.9. The van der Waals surface area contributed by atoms with Crippen LogP contribution in [0.3, 0.4) is 0 Å². The van der Waals surface area contributed by atoms with Crippen LogP contribution in [-0.4, -0.2) is 9.78 Å². The maximum Gasteiger partial charge on any atom is 0.264 e. The topological polar surface area (TPSA) is 62.5 Å². The van der Waals surface area contributed by atoms with E-state index >= 15 is 0 Å². The number of hydrogen-bond acceptors (Lipinski definition) is 3. The van der Waals surface area contributed by atoms with Gasteiger partial charge in [-0.3, -0.25) is 14.6 Å². The van der Waals surface area contributed by atoms with E-state index in [9.17, 15) is 4.79 Å².